The Morgan fingerprint density at radius 2 is 1.02 bits per heavy atom. The zero-order chi connectivity index (χ0) is 29.0. The Balaban J connectivity index is 1.25. The fourth-order valence-corrected chi connectivity index (χ4v) is 7.23. The fraction of sp³-hybridized carbons (Fsp3) is 0.0476. The van der Waals surface area contributed by atoms with Crippen molar-refractivity contribution >= 4 is 60.8 Å². The van der Waals surface area contributed by atoms with Crippen molar-refractivity contribution in [2.75, 3.05) is 16.3 Å². The molecule has 0 fully saturated rings. The molecule has 0 saturated carbocycles. The summed E-state index contributed by atoms with van der Waals surface area (Å²) in [7, 11) is 0. The lowest BCUT2D eigenvalue weighted by Gasteiger charge is -2.28. The molecule has 0 saturated heterocycles. The van der Waals surface area contributed by atoms with Gasteiger partial charge in [0.25, 0.3) is 0 Å². The molecule has 8 aromatic carbocycles. The molecule has 0 aromatic heterocycles. The topological polar surface area (TPSA) is 6.48 Å². The van der Waals surface area contributed by atoms with Gasteiger partial charge >= 0.3 is 0 Å². The number of fused-ring (bicyclic) bond motifs is 1. The van der Waals surface area contributed by atoms with Crippen molar-refractivity contribution in [1.82, 2.24) is 0 Å². The average molecular weight is 563 g/mol. The molecule has 0 atom stereocenters. The van der Waals surface area contributed by atoms with E-state index in [4.69, 9.17) is 0 Å². The van der Waals surface area contributed by atoms with Gasteiger partial charge in [0.05, 0.1) is 5.69 Å². The van der Waals surface area contributed by atoms with Gasteiger partial charge in [-0.2, -0.15) is 0 Å². The molecule has 1 aliphatic heterocycles. The predicted molar refractivity (Wildman–Crippen MR) is 187 cm³/mol. The molecule has 9 rings (SSSR count). The first-order chi connectivity index (χ1) is 21.8. The summed E-state index contributed by atoms with van der Waals surface area (Å²) in [5, 5.41) is 7.80. The van der Waals surface area contributed by atoms with E-state index in [0.29, 0.717) is 0 Å². The second-order valence-corrected chi connectivity index (χ2v) is 11.7. The summed E-state index contributed by atoms with van der Waals surface area (Å²) in [6.07, 6.45) is 1.08. The molecule has 1 aliphatic rings. The van der Waals surface area contributed by atoms with Gasteiger partial charge in [0.1, 0.15) is 0 Å². The minimum atomic E-state index is 1.01. The molecular formula is C42H30N2. The third-order valence-corrected chi connectivity index (χ3v) is 9.28. The zero-order valence-corrected chi connectivity index (χ0v) is 24.3. The molecule has 2 nitrogen and oxygen atoms in total. The minimum absolute atomic E-state index is 1.01. The molecule has 0 unspecified atom stereocenters. The highest BCUT2D eigenvalue weighted by Crippen LogP contribution is 2.47. The fourth-order valence-electron chi connectivity index (χ4n) is 7.23. The molecule has 44 heavy (non-hydrogen) atoms. The van der Waals surface area contributed by atoms with Crippen LogP contribution in [0.3, 0.4) is 0 Å². The Morgan fingerprint density at radius 3 is 1.82 bits per heavy atom. The highest BCUT2D eigenvalue weighted by atomic mass is 15.2. The highest BCUT2D eigenvalue weighted by Gasteiger charge is 2.24. The van der Waals surface area contributed by atoms with Crippen LogP contribution in [0.5, 0.6) is 0 Å². The SMILES string of the molecule is c1ccc(-c2ccc(N(c3ccccc3)c3ccc4ccc5c(N6CCc7ccccc76)ccc6ccc3c4c65)cc2)cc1. The number of para-hydroxylation sites is 2. The first-order valence-electron chi connectivity index (χ1n) is 15.4. The van der Waals surface area contributed by atoms with E-state index in [9.17, 15) is 0 Å². The molecule has 0 aliphatic carbocycles. The van der Waals surface area contributed by atoms with Crippen LogP contribution in [0.4, 0.5) is 28.4 Å². The summed E-state index contributed by atoms with van der Waals surface area (Å²) in [4.78, 5) is 4.91. The highest BCUT2D eigenvalue weighted by molar-refractivity contribution is 6.28. The van der Waals surface area contributed by atoms with Crippen LogP contribution >= 0.6 is 0 Å². The van der Waals surface area contributed by atoms with Crippen LogP contribution in [0, 0.1) is 0 Å². The van der Waals surface area contributed by atoms with Gasteiger partial charge < -0.3 is 9.80 Å². The van der Waals surface area contributed by atoms with E-state index < -0.39 is 0 Å². The van der Waals surface area contributed by atoms with Crippen LogP contribution < -0.4 is 9.80 Å². The van der Waals surface area contributed by atoms with E-state index in [1.807, 2.05) is 0 Å². The monoisotopic (exact) mass is 562 g/mol. The molecule has 0 radical (unpaired) electrons. The lowest BCUT2D eigenvalue weighted by atomic mass is 9.92. The maximum Gasteiger partial charge on any atom is 0.0540 e. The second kappa shape index (κ2) is 10.00. The van der Waals surface area contributed by atoms with E-state index in [1.165, 1.54) is 66.1 Å². The maximum absolute atomic E-state index is 2.51. The van der Waals surface area contributed by atoms with Gasteiger partial charge in [0.15, 0.2) is 0 Å². The Labute approximate surface area is 257 Å². The van der Waals surface area contributed by atoms with Gasteiger partial charge in [-0.25, -0.2) is 0 Å². The van der Waals surface area contributed by atoms with Crippen LogP contribution in [0.15, 0.2) is 158 Å². The van der Waals surface area contributed by atoms with Gasteiger partial charge in [-0.15, -0.1) is 0 Å². The number of rotatable bonds is 5. The summed E-state index contributed by atoms with van der Waals surface area (Å²) in [6.45, 7) is 1.01. The average Bonchev–Trinajstić information content (AvgIpc) is 3.53. The molecule has 0 N–H and O–H groups in total. The van der Waals surface area contributed by atoms with E-state index in [1.54, 1.807) is 0 Å². The molecule has 1 heterocycles. The zero-order valence-electron chi connectivity index (χ0n) is 24.3. The Kier molecular flexibility index (Phi) is 5.67. The second-order valence-electron chi connectivity index (χ2n) is 11.7. The van der Waals surface area contributed by atoms with E-state index in [0.717, 1.165) is 24.3 Å². The molecule has 2 heteroatoms. The molecule has 8 aromatic rings. The smallest absolute Gasteiger partial charge is 0.0540 e. The summed E-state index contributed by atoms with van der Waals surface area (Å²) in [5.74, 6) is 0. The summed E-state index contributed by atoms with van der Waals surface area (Å²) >= 11 is 0. The molecule has 208 valence electrons. The normalized spacial score (nSPS) is 12.8. The molecule has 0 spiro atoms. The number of nitrogens with zero attached hydrogens (tertiary/aromatic N) is 2. The van der Waals surface area contributed by atoms with Gasteiger partial charge in [0.2, 0.25) is 0 Å². The van der Waals surface area contributed by atoms with Crippen molar-refractivity contribution in [2.45, 2.75) is 6.42 Å². The minimum Gasteiger partial charge on any atom is -0.340 e. The maximum atomic E-state index is 2.51. The first kappa shape index (κ1) is 24.9. The number of benzene rings is 8. The Hall–Kier alpha value is -5.60. The van der Waals surface area contributed by atoms with Gasteiger partial charge in [-0.05, 0) is 87.1 Å². The number of hydrogen-bond acceptors (Lipinski definition) is 2. The van der Waals surface area contributed by atoms with Crippen molar-refractivity contribution in [3.8, 4) is 11.1 Å². The van der Waals surface area contributed by atoms with Crippen molar-refractivity contribution in [1.29, 1.82) is 0 Å². The van der Waals surface area contributed by atoms with Crippen LogP contribution in [0.2, 0.25) is 0 Å². The lowest BCUT2D eigenvalue weighted by Crippen LogP contribution is -2.13. The lowest BCUT2D eigenvalue weighted by molar-refractivity contribution is 1.00. The van der Waals surface area contributed by atoms with Gasteiger partial charge in [0, 0.05) is 40.1 Å². The van der Waals surface area contributed by atoms with Crippen LogP contribution in [-0.4, -0.2) is 6.54 Å². The van der Waals surface area contributed by atoms with E-state index in [-0.39, 0.29) is 0 Å². The van der Waals surface area contributed by atoms with Crippen molar-refractivity contribution < 1.29 is 0 Å². The van der Waals surface area contributed by atoms with Crippen molar-refractivity contribution in [3.05, 3.63) is 163 Å². The van der Waals surface area contributed by atoms with Crippen molar-refractivity contribution in [3.63, 3.8) is 0 Å². The van der Waals surface area contributed by atoms with Gasteiger partial charge in [-0.1, -0.05) is 115 Å². The molecule has 0 amide bonds. The summed E-state index contributed by atoms with van der Waals surface area (Å²) in [6, 6.07) is 57.6. The first-order valence-corrected chi connectivity index (χ1v) is 15.4. The van der Waals surface area contributed by atoms with E-state index >= 15 is 0 Å². The third-order valence-electron chi connectivity index (χ3n) is 9.28. The van der Waals surface area contributed by atoms with Crippen LogP contribution in [0.1, 0.15) is 5.56 Å². The standard InChI is InChI=1S/C42H30N2/c1-3-9-29(10-4-1)30-15-21-35(22-16-30)44(34-12-5-2-6-13-34)40-26-20-33-17-23-36-39(43-28-27-31-11-7-8-14-38(31)43)25-19-32-18-24-37(40)42(33)41(32)36/h1-26H,27-28H2. The molecular weight excluding hydrogens is 532 g/mol. The van der Waals surface area contributed by atoms with E-state index in [2.05, 4.69) is 168 Å². The van der Waals surface area contributed by atoms with Gasteiger partial charge in [-0.3, -0.25) is 0 Å². The third kappa shape index (κ3) is 3.88. The summed E-state index contributed by atoms with van der Waals surface area (Å²) < 4.78 is 0. The predicted octanol–water partition coefficient (Wildman–Crippen LogP) is 11.4. The Morgan fingerprint density at radius 1 is 0.432 bits per heavy atom. The largest absolute Gasteiger partial charge is 0.340 e. The van der Waals surface area contributed by atoms with Crippen LogP contribution in [0.25, 0.3) is 43.4 Å². The quantitative estimate of drug-likeness (QED) is 0.193. The van der Waals surface area contributed by atoms with Crippen LogP contribution in [-0.2, 0) is 6.42 Å². The Bertz CT molecular complexity index is 2270. The number of anilines is 5. The number of hydrogen-bond donors (Lipinski definition) is 0. The van der Waals surface area contributed by atoms with Crippen molar-refractivity contribution in [2.24, 2.45) is 0 Å². The summed E-state index contributed by atoms with van der Waals surface area (Å²) in [5.41, 5.74) is 9.96. The molecule has 0 bridgehead atoms.